The second-order valence-electron chi connectivity index (χ2n) is 5.90. The minimum absolute atomic E-state index is 0.136. The summed E-state index contributed by atoms with van der Waals surface area (Å²) in [4.78, 5) is 23.8. The Kier molecular flexibility index (Phi) is 5.84. The van der Waals surface area contributed by atoms with E-state index < -0.39 is 0 Å². The molecule has 0 saturated carbocycles. The molecule has 136 valence electrons. The Bertz CT molecular complexity index is 905. The maximum Gasteiger partial charge on any atom is 0.251 e. The van der Waals surface area contributed by atoms with Gasteiger partial charge in [0.1, 0.15) is 11.5 Å². The van der Waals surface area contributed by atoms with E-state index in [0.717, 1.165) is 11.3 Å². The fourth-order valence-corrected chi connectivity index (χ4v) is 2.50. The number of benzene rings is 3. The van der Waals surface area contributed by atoms with E-state index in [-0.39, 0.29) is 11.8 Å². The highest BCUT2D eigenvalue weighted by Gasteiger charge is 2.07. The number of hydrogen-bond donors (Lipinski definition) is 2. The van der Waals surface area contributed by atoms with Gasteiger partial charge in [-0.1, -0.05) is 30.3 Å². The second kappa shape index (κ2) is 8.67. The van der Waals surface area contributed by atoms with Gasteiger partial charge < -0.3 is 15.4 Å². The van der Waals surface area contributed by atoms with Crippen LogP contribution in [-0.2, 0) is 6.54 Å². The van der Waals surface area contributed by atoms with Crippen molar-refractivity contribution in [3.8, 4) is 11.5 Å². The van der Waals surface area contributed by atoms with E-state index in [2.05, 4.69) is 10.6 Å². The summed E-state index contributed by atoms with van der Waals surface area (Å²) in [5, 5.41) is 5.44. The van der Waals surface area contributed by atoms with Crippen molar-refractivity contribution >= 4 is 11.8 Å². The van der Waals surface area contributed by atoms with Crippen LogP contribution in [0.4, 0.5) is 0 Å². The van der Waals surface area contributed by atoms with Crippen LogP contribution in [-0.4, -0.2) is 18.9 Å². The van der Waals surface area contributed by atoms with Crippen molar-refractivity contribution in [1.82, 2.24) is 10.6 Å². The number of para-hydroxylation sites is 1. The number of nitrogens with one attached hydrogen (secondary N) is 2. The molecule has 5 heteroatoms. The largest absolute Gasteiger partial charge is 0.457 e. The summed E-state index contributed by atoms with van der Waals surface area (Å²) in [6.45, 7) is 0.384. The summed E-state index contributed by atoms with van der Waals surface area (Å²) in [6.07, 6.45) is 0. The number of hydrogen-bond acceptors (Lipinski definition) is 3. The number of carbonyl (C=O) groups is 2. The third kappa shape index (κ3) is 4.95. The lowest BCUT2D eigenvalue weighted by atomic mass is 10.1. The number of rotatable bonds is 6. The second-order valence-corrected chi connectivity index (χ2v) is 5.90. The Hall–Kier alpha value is -3.60. The van der Waals surface area contributed by atoms with Gasteiger partial charge in [0.15, 0.2) is 0 Å². The number of carbonyl (C=O) groups excluding carboxylic acids is 2. The fraction of sp³-hybridized carbons (Fsp3) is 0.0909. The zero-order valence-electron chi connectivity index (χ0n) is 14.9. The molecule has 0 saturated heterocycles. The molecule has 27 heavy (non-hydrogen) atoms. The van der Waals surface area contributed by atoms with Gasteiger partial charge in [-0.2, -0.15) is 0 Å². The highest BCUT2D eigenvalue weighted by Crippen LogP contribution is 2.21. The van der Waals surface area contributed by atoms with Gasteiger partial charge in [-0.3, -0.25) is 9.59 Å². The van der Waals surface area contributed by atoms with Gasteiger partial charge in [-0.15, -0.1) is 0 Å². The van der Waals surface area contributed by atoms with Crippen molar-refractivity contribution in [3.05, 3.63) is 95.6 Å². The van der Waals surface area contributed by atoms with Gasteiger partial charge in [-0.05, 0) is 54.1 Å². The average molecular weight is 360 g/mol. The number of ether oxygens (including phenoxy) is 1. The molecule has 0 spiro atoms. The van der Waals surface area contributed by atoms with Crippen molar-refractivity contribution in [3.63, 3.8) is 0 Å². The summed E-state index contributed by atoms with van der Waals surface area (Å²) in [5.41, 5.74) is 2.05. The molecule has 0 atom stereocenters. The molecule has 3 aromatic rings. The molecule has 0 fully saturated rings. The first-order valence-electron chi connectivity index (χ1n) is 8.58. The Morgan fingerprint density at radius 3 is 1.93 bits per heavy atom. The third-order valence-corrected chi connectivity index (χ3v) is 3.99. The molecule has 0 aliphatic carbocycles. The fourth-order valence-electron chi connectivity index (χ4n) is 2.50. The van der Waals surface area contributed by atoms with Crippen LogP contribution in [0.15, 0.2) is 78.9 Å². The van der Waals surface area contributed by atoms with Gasteiger partial charge in [-0.25, -0.2) is 0 Å². The summed E-state index contributed by atoms with van der Waals surface area (Å²) in [6, 6.07) is 23.6. The summed E-state index contributed by atoms with van der Waals surface area (Å²) in [5.74, 6) is 1.11. The minimum atomic E-state index is -0.170. The summed E-state index contributed by atoms with van der Waals surface area (Å²) >= 11 is 0. The zero-order valence-corrected chi connectivity index (χ0v) is 14.9. The molecule has 0 aromatic heterocycles. The molecule has 0 unspecified atom stereocenters. The predicted octanol–water partition coefficient (Wildman–Crippen LogP) is 3.77. The molecule has 0 aliphatic heterocycles. The maximum absolute atomic E-state index is 12.3. The smallest absolute Gasteiger partial charge is 0.251 e. The predicted molar refractivity (Wildman–Crippen MR) is 104 cm³/mol. The zero-order chi connectivity index (χ0) is 19.1. The normalized spacial score (nSPS) is 10.1. The van der Waals surface area contributed by atoms with Crippen molar-refractivity contribution in [2.75, 3.05) is 7.05 Å². The van der Waals surface area contributed by atoms with Crippen molar-refractivity contribution in [1.29, 1.82) is 0 Å². The molecule has 3 rings (SSSR count). The highest BCUT2D eigenvalue weighted by molar-refractivity contribution is 5.94. The van der Waals surface area contributed by atoms with Gasteiger partial charge in [0, 0.05) is 24.7 Å². The molecule has 0 aliphatic rings. The van der Waals surface area contributed by atoms with Crippen LogP contribution >= 0.6 is 0 Å². The van der Waals surface area contributed by atoms with E-state index >= 15 is 0 Å². The molecule has 2 amide bonds. The topological polar surface area (TPSA) is 67.4 Å². The Morgan fingerprint density at radius 1 is 0.741 bits per heavy atom. The summed E-state index contributed by atoms with van der Waals surface area (Å²) in [7, 11) is 1.59. The SMILES string of the molecule is CNC(=O)c1ccc(CNC(=O)c2ccc(Oc3ccccc3)cc2)cc1. The van der Waals surface area contributed by atoms with Gasteiger partial charge in [0.05, 0.1) is 0 Å². The Balaban J connectivity index is 1.55. The molecule has 5 nitrogen and oxygen atoms in total. The van der Waals surface area contributed by atoms with Crippen molar-refractivity contribution < 1.29 is 14.3 Å². The summed E-state index contributed by atoms with van der Waals surface area (Å²) < 4.78 is 5.72. The van der Waals surface area contributed by atoms with Gasteiger partial charge in [0.2, 0.25) is 0 Å². The van der Waals surface area contributed by atoms with Crippen LogP contribution in [0.2, 0.25) is 0 Å². The lowest BCUT2D eigenvalue weighted by Crippen LogP contribution is -2.23. The Labute approximate surface area is 158 Å². The molecular weight excluding hydrogens is 340 g/mol. The van der Waals surface area contributed by atoms with Crippen LogP contribution < -0.4 is 15.4 Å². The van der Waals surface area contributed by atoms with E-state index in [9.17, 15) is 9.59 Å². The first kappa shape index (κ1) is 18.2. The first-order chi connectivity index (χ1) is 13.2. The lowest BCUT2D eigenvalue weighted by Gasteiger charge is -2.08. The quantitative estimate of drug-likeness (QED) is 0.703. The van der Waals surface area contributed by atoms with Crippen molar-refractivity contribution in [2.45, 2.75) is 6.54 Å². The molecular formula is C22H20N2O3. The van der Waals surface area contributed by atoms with Crippen LogP contribution in [0.1, 0.15) is 26.3 Å². The van der Waals surface area contributed by atoms with E-state index in [1.54, 1.807) is 43.4 Å². The molecule has 0 bridgehead atoms. The highest BCUT2D eigenvalue weighted by atomic mass is 16.5. The monoisotopic (exact) mass is 360 g/mol. The molecule has 0 radical (unpaired) electrons. The van der Waals surface area contributed by atoms with Gasteiger partial charge >= 0.3 is 0 Å². The lowest BCUT2D eigenvalue weighted by molar-refractivity contribution is 0.0946. The average Bonchev–Trinajstić information content (AvgIpc) is 2.73. The van der Waals surface area contributed by atoms with E-state index in [1.807, 2.05) is 42.5 Å². The Morgan fingerprint density at radius 2 is 1.30 bits per heavy atom. The molecule has 3 aromatic carbocycles. The standard InChI is InChI=1S/C22H20N2O3/c1-23-21(25)17-9-7-16(8-10-17)15-24-22(26)18-11-13-20(14-12-18)27-19-5-3-2-4-6-19/h2-14H,15H2,1H3,(H,23,25)(H,24,26). The maximum atomic E-state index is 12.3. The van der Waals surface area contributed by atoms with Crippen LogP contribution in [0, 0.1) is 0 Å². The van der Waals surface area contributed by atoms with Gasteiger partial charge in [0.25, 0.3) is 11.8 Å². The van der Waals surface area contributed by atoms with E-state index in [4.69, 9.17) is 4.74 Å². The van der Waals surface area contributed by atoms with Crippen LogP contribution in [0.5, 0.6) is 11.5 Å². The molecule has 2 N–H and O–H groups in total. The van der Waals surface area contributed by atoms with Crippen molar-refractivity contribution in [2.24, 2.45) is 0 Å². The van der Waals surface area contributed by atoms with E-state index in [1.165, 1.54) is 0 Å². The van der Waals surface area contributed by atoms with Crippen LogP contribution in [0.25, 0.3) is 0 Å². The number of amides is 2. The first-order valence-corrected chi connectivity index (χ1v) is 8.58. The third-order valence-electron chi connectivity index (χ3n) is 3.99. The van der Waals surface area contributed by atoms with Crippen LogP contribution in [0.3, 0.4) is 0 Å². The van der Waals surface area contributed by atoms with E-state index in [0.29, 0.717) is 23.4 Å². The molecule has 0 heterocycles. The minimum Gasteiger partial charge on any atom is -0.457 e.